The Morgan fingerprint density at radius 2 is 2.00 bits per heavy atom. The molecule has 0 aromatic heterocycles. The first-order valence-electron chi connectivity index (χ1n) is 5.75. The molecule has 0 N–H and O–H groups in total. The van der Waals surface area contributed by atoms with Crippen LogP contribution in [0.4, 0.5) is 10.1 Å². The molecule has 7 heteroatoms. The predicted octanol–water partition coefficient (Wildman–Crippen LogP) is 3.84. The third-order valence-electron chi connectivity index (χ3n) is 2.79. The van der Waals surface area contributed by atoms with Crippen LogP contribution in [-0.2, 0) is 4.74 Å². The largest absolute Gasteiger partial charge is 0.465 e. The summed E-state index contributed by atoms with van der Waals surface area (Å²) in [5, 5.41) is 11.2. The van der Waals surface area contributed by atoms with Crippen molar-refractivity contribution in [3.05, 3.63) is 62.9 Å². The van der Waals surface area contributed by atoms with Crippen LogP contribution in [-0.4, -0.2) is 18.0 Å². The molecular weight excluding hydrogens is 301 g/mol. The first-order valence-corrected chi connectivity index (χ1v) is 6.13. The highest BCUT2D eigenvalue weighted by Gasteiger charge is 2.17. The number of methoxy groups -OCH3 is 1. The van der Waals surface area contributed by atoms with Gasteiger partial charge in [0.15, 0.2) is 0 Å². The molecule has 0 saturated carbocycles. The first kappa shape index (κ1) is 14.9. The molecule has 0 fully saturated rings. The standard InChI is InChI=1S/C14H9ClFNO4/c1-21-14(18)9-4-8(5-11(6-9)17(19)20)12-7-10(16)2-3-13(12)15/h2-7H,1H3. The molecule has 0 aliphatic heterocycles. The number of nitro groups is 1. The van der Waals surface area contributed by atoms with Crippen molar-refractivity contribution in [3.8, 4) is 11.1 Å². The summed E-state index contributed by atoms with van der Waals surface area (Å²) in [5.74, 6) is -1.27. The van der Waals surface area contributed by atoms with Crippen LogP contribution in [0.3, 0.4) is 0 Å². The topological polar surface area (TPSA) is 69.4 Å². The van der Waals surface area contributed by atoms with Crippen molar-refractivity contribution >= 4 is 23.3 Å². The maximum Gasteiger partial charge on any atom is 0.338 e. The number of hydrogen-bond acceptors (Lipinski definition) is 4. The third kappa shape index (κ3) is 3.17. The summed E-state index contributed by atoms with van der Waals surface area (Å²) in [6.45, 7) is 0. The van der Waals surface area contributed by atoms with Crippen molar-refractivity contribution in [1.82, 2.24) is 0 Å². The minimum Gasteiger partial charge on any atom is -0.465 e. The number of nitro benzene ring substituents is 1. The lowest BCUT2D eigenvalue weighted by molar-refractivity contribution is -0.384. The van der Waals surface area contributed by atoms with Gasteiger partial charge in [-0.15, -0.1) is 0 Å². The summed E-state index contributed by atoms with van der Waals surface area (Å²) >= 11 is 5.98. The fraction of sp³-hybridized carbons (Fsp3) is 0.0714. The molecule has 5 nitrogen and oxygen atoms in total. The Balaban J connectivity index is 2.67. The molecule has 21 heavy (non-hydrogen) atoms. The van der Waals surface area contributed by atoms with Crippen molar-refractivity contribution in [1.29, 1.82) is 0 Å². The van der Waals surface area contributed by atoms with E-state index in [4.69, 9.17) is 11.6 Å². The fourth-order valence-electron chi connectivity index (χ4n) is 1.83. The first-order chi connectivity index (χ1) is 9.92. The van der Waals surface area contributed by atoms with Gasteiger partial charge in [-0.25, -0.2) is 9.18 Å². The lowest BCUT2D eigenvalue weighted by Crippen LogP contribution is -2.03. The van der Waals surface area contributed by atoms with Crippen molar-refractivity contribution in [3.63, 3.8) is 0 Å². The van der Waals surface area contributed by atoms with E-state index in [1.54, 1.807) is 0 Å². The molecule has 0 atom stereocenters. The number of carbonyl (C=O) groups excluding carboxylic acids is 1. The van der Waals surface area contributed by atoms with E-state index in [0.717, 1.165) is 19.2 Å². The van der Waals surface area contributed by atoms with Gasteiger partial charge in [-0.3, -0.25) is 10.1 Å². The van der Waals surface area contributed by atoms with E-state index in [0.29, 0.717) is 0 Å². The SMILES string of the molecule is COC(=O)c1cc(-c2cc(F)ccc2Cl)cc([N+](=O)[O-])c1. The molecule has 0 heterocycles. The Kier molecular flexibility index (Phi) is 4.18. The van der Waals surface area contributed by atoms with Crippen LogP contribution in [0.2, 0.25) is 5.02 Å². The number of hydrogen-bond donors (Lipinski definition) is 0. The molecule has 0 amide bonds. The zero-order valence-corrected chi connectivity index (χ0v) is 11.6. The monoisotopic (exact) mass is 309 g/mol. The smallest absolute Gasteiger partial charge is 0.338 e. The van der Waals surface area contributed by atoms with Crippen molar-refractivity contribution in [2.75, 3.05) is 7.11 Å². The van der Waals surface area contributed by atoms with E-state index in [9.17, 15) is 19.3 Å². The number of rotatable bonds is 3. The van der Waals surface area contributed by atoms with Gasteiger partial charge in [0.05, 0.1) is 17.6 Å². The second kappa shape index (κ2) is 5.88. The second-order valence-electron chi connectivity index (χ2n) is 4.14. The van der Waals surface area contributed by atoms with Crippen LogP contribution >= 0.6 is 11.6 Å². The van der Waals surface area contributed by atoms with Gasteiger partial charge >= 0.3 is 5.97 Å². The Morgan fingerprint density at radius 3 is 2.62 bits per heavy atom. The second-order valence-corrected chi connectivity index (χ2v) is 4.55. The van der Waals surface area contributed by atoms with Gasteiger partial charge in [0.25, 0.3) is 5.69 Å². The molecule has 0 aliphatic rings. The van der Waals surface area contributed by atoms with Gasteiger partial charge in [-0.2, -0.15) is 0 Å². The van der Waals surface area contributed by atoms with E-state index in [1.807, 2.05) is 0 Å². The molecule has 0 unspecified atom stereocenters. The predicted molar refractivity (Wildman–Crippen MR) is 74.8 cm³/mol. The van der Waals surface area contributed by atoms with E-state index in [2.05, 4.69) is 4.74 Å². The average Bonchev–Trinajstić information content (AvgIpc) is 2.48. The Labute approximate surface area is 124 Å². The lowest BCUT2D eigenvalue weighted by atomic mass is 10.0. The minimum atomic E-state index is -0.729. The van der Waals surface area contributed by atoms with Gasteiger partial charge in [0.2, 0.25) is 0 Å². The van der Waals surface area contributed by atoms with Crippen LogP contribution in [0.25, 0.3) is 11.1 Å². The van der Waals surface area contributed by atoms with Crippen LogP contribution in [0, 0.1) is 15.9 Å². The molecule has 2 rings (SSSR count). The fourth-order valence-corrected chi connectivity index (χ4v) is 2.05. The number of halogens is 2. The number of carbonyl (C=O) groups is 1. The summed E-state index contributed by atoms with van der Waals surface area (Å²) in [6, 6.07) is 7.31. The highest BCUT2D eigenvalue weighted by Crippen LogP contribution is 2.32. The number of ether oxygens (including phenoxy) is 1. The number of esters is 1. The number of nitrogens with zero attached hydrogens (tertiary/aromatic N) is 1. The highest BCUT2D eigenvalue weighted by molar-refractivity contribution is 6.33. The Morgan fingerprint density at radius 1 is 1.29 bits per heavy atom. The number of non-ortho nitro benzene ring substituents is 1. The van der Waals surface area contributed by atoms with Crippen LogP contribution in [0.15, 0.2) is 36.4 Å². The zero-order chi connectivity index (χ0) is 15.6. The quantitative estimate of drug-likeness (QED) is 0.490. The van der Waals surface area contributed by atoms with Crippen molar-refractivity contribution < 1.29 is 18.8 Å². The molecule has 108 valence electrons. The Bertz CT molecular complexity index is 733. The summed E-state index contributed by atoms with van der Waals surface area (Å²) in [4.78, 5) is 21.9. The van der Waals surface area contributed by atoms with Crippen LogP contribution in [0.1, 0.15) is 10.4 Å². The van der Waals surface area contributed by atoms with Gasteiger partial charge in [0, 0.05) is 22.7 Å². The summed E-state index contributed by atoms with van der Waals surface area (Å²) in [5.41, 5.74) is 0.190. The third-order valence-corrected chi connectivity index (χ3v) is 3.12. The normalized spacial score (nSPS) is 10.2. The van der Waals surface area contributed by atoms with E-state index in [-0.39, 0.29) is 27.4 Å². The van der Waals surface area contributed by atoms with Crippen molar-refractivity contribution in [2.24, 2.45) is 0 Å². The molecule has 2 aromatic carbocycles. The summed E-state index contributed by atoms with van der Waals surface area (Å²) < 4.78 is 17.9. The van der Waals surface area contributed by atoms with E-state index < -0.39 is 16.7 Å². The van der Waals surface area contributed by atoms with Gasteiger partial charge < -0.3 is 4.74 Å². The van der Waals surface area contributed by atoms with E-state index in [1.165, 1.54) is 24.3 Å². The molecule has 0 bridgehead atoms. The molecule has 0 spiro atoms. The van der Waals surface area contributed by atoms with Gasteiger partial charge in [-0.1, -0.05) is 11.6 Å². The maximum absolute atomic E-state index is 13.3. The lowest BCUT2D eigenvalue weighted by Gasteiger charge is -2.07. The summed E-state index contributed by atoms with van der Waals surface area (Å²) in [6.07, 6.45) is 0. The van der Waals surface area contributed by atoms with E-state index >= 15 is 0 Å². The maximum atomic E-state index is 13.3. The average molecular weight is 310 g/mol. The summed E-state index contributed by atoms with van der Waals surface area (Å²) in [7, 11) is 1.16. The molecule has 0 aliphatic carbocycles. The molecular formula is C14H9ClFNO4. The highest BCUT2D eigenvalue weighted by atomic mass is 35.5. The van der Waals surface area contributed by atoms with Gasteiger partial charge in [-0.05, 0) is 29.8 Å². The number of benzene rings is 2. The van der Waals surface area contributed by atoms with Crippen LogP contribution in [0.5, 0.6) is 0 Å². The minimum absolute atomic E-state index is 0.0120. The van der Waals surface area contributed by atoms with Gasteiger partial charge in [0.1, 0.15) is 5.82 Å². The van der Waals surface area contributed by atoms with Crippen molar-refractivity contribution in [2.45, 2.75) is 0 Å². The van der Waals surface area contributed by atoms with Crippen LogP contribution < -0.4 is 0 Å². The molecule has 0 saturated heterocycles. The zero-order valence-electron chi connectivity index (χ0n) is 10.8. The molecule has 2 aromatic rings. The Hall–Kier alpha value is -2.47. The molecule has 0 radical (unpaired) electrons.